The van der Waals surface area contributed by atoms with E-state index in [4.69, 9.17) is 4.74 Å². The summed E-state index contributed by atoms with van der Waals surface area (Å²) in [5.41, 5.74) is 5.49. The Kier molecular flexibility index (Phi) is 6.56. The summed E-state index contributed by atoms with van der Waals surface area (Å²) in [5.74, 6) is -0.652. The number of piperidine rings is 1. The molecule has 33 heavy (non-hydrogen) atoms. The van der Waals surface area contributed by atoms with Crippen LogP contribution >= 0.6 is 0 Å². The van der Waals surface area contributed by atoms with E-state index in [1.165, 1.54) is 5.69 Å². The number of carbonyl (C=O) groups is 1. The van der Waals surface area contributed by atoms with Gasteiger partial charge >= 0.3 is 5.97 Å². The van der Waals surface area contributed by atoms with Crippen LogP contribution < -0.4 is 0 Å². The van der Waals surface area contributed by atoms with E-state index in [0.717, 1.165) is 49.4 Å². The van der Waals surface area contributed by atoms with Crippen LogP contribution in [-0.2, 0) is 23.1 Å². The Morgan fingerprint density at radius 2 is 2.00 bits per heavy atom. The fraction of sp³-hybridized carbons (Fsp3) is 0.480. The predicted octanol–water partition coefficient (Wildman–Crippen LogP) is 3.87. The predicted molar refractivity (Wildman–Crippen MR) is 128 cm³/mol. The molecular weight excluding hydrogens is 418 g/mol. The van der Waals surface area contributed by atoms with Crippen LogP contribution in [-0.4, -0.2) is 55.7 Å². The molecule has 0 radical (unpaired) electrons. The zero-order valence-corrected chi connectivity index (χ0v) is 20.1. The Morgan fingerprint density at radius 1 is 1.27 bits per heavy atom. The van der Waals surface area contributed by atoms with E-state index >= 15 is 0 Å². The van der Waals surface area contributed by atoms with Crippen molar-refractivity contribution < 1.29 is 14.6 Å². The van der Waals surface area contributed by atoms with Crippen molar-refractivity contribution in [2.75, 3.05) is 19.7 Å². The Morgan fingerprint density at radius 3 is 2.64 bits per heavy atom. The zero-order valence-electron chi connectivity index (χ0n) is 20.1. The molecule has 176 valence electrons. The normalized spacial score (nSPS) is 18.9. The molecule has 0 unspecified atom stereocenters. The maximum absolute atomic E-state index is 12.2. The molecule has 0 spiro atoms. The summed E-state index contributed by atoms with van der Waals surface area (Å²) in [6.07, 6.45) is 6.01. The van der Waals surface area contributed by atoms with E-state index in [1.807, 2.05) is 24.0 Å². The van der Waals surface area contributed by atoms with Gasteiger partial charge in [0.05, 0.1) is 18.0 Å². The average Bonchev–Trinajstić information content (AvgIpc) is 3.39. The lowest BCUT2D eigenvalue weighted by Crippen LogP contribution is -2.34. The highest BCUT2D eigenvalue weighted by molar-refractivity contribution is 6.22. The number of aliphatic imine (C=N–C) groups is 1. The number of hydrogen-bond acceptors (Lipinski definition) is 6. The fourth-order valence-corrected chi connectivity index (χ4v) is 4.91. The molecule has 2 aromatic rings. The van der Waals surface area contributed by atoms with Crippen molar-refractivity contribution in [3.63, 3.8) is 0 Å². The van der Waals surface area contributed by atoms with Gasteiger partial charge in [-0.25, -0.2) is 9.79 Å². The summed E-state index contributed by atoms with van der Waals surface area (Å²) in [4.78, 5) is 19.1. The second-order valence-electron chi connectivity index (χ2n) is 8.86. The van der Waals surface area contributed by atoms with Crippen molar-refractivity contribution in [3.05, 3.63) is 58.0 Å². The van der Waals surface area contributed by atoms with Crippen molar-refractivity contribution in [2.24, 2.45) is 12.0 Å². The van der Waals surface area contributed by atoms with Gasteiger partial charge in [-0.05, 0) is 64.3 Å². The van der Waals surface area contributed by atoms with Crippen LogP contribution in [0.25, 0.3) is 6.08 Å². The van der Waals surface area contributed by atoms with E-state index < -0.39 is 5.97 Å². The summed E-state index contributed by atoms with van der Waals surface area (Å²) in [7, 11) is 1.95. The molecule has 2 aliphatic heterocycles. The van der Waals surface area contributed by atoms with Gasteiger partial charge in [0, 0.05) is 50.3 Å². The number of aromatic nitrogens is 3. The molecule has 0 amide bonds. The Labute approximate surface area is 194 Å². The minimum absolute atomic E-state index is 0.112. The maximum Gasteiger partial charge on any atom is 0.343 e. The molecule has 0 saturated carbocycles. The second-order valence-corrected chi connectivity index (χ2v) is 8.86. The van der Waals surface area contributed by atoms with Gasteiger partial charge in [-0.15, -0.1) is 0 Å². The number of ether oxygens (including phenoxy) is 1. The lowest BCUT2D eigenvalue weighted by atomic mass is 10.0. The Balaban J connectivity index is 1.49. The monoisotopic (exact) mass is 451 g/mol. The number of rotatable bonds is 6. The second kappa shape index (κ2) is 9.39. The number of aryl methyl sites for hydroxylation is 2. The molecular formula is C25H33N5O3. The van der Waals surface area contributed by atoms with Crippen LogP contribution in [0.4, 0.5) is 0 Å². The van der Waals surface area contributed by atoms with Crippen LogP contribution in [0, 0.1) is 13.8 Å². The van der Waals surface area contributed by atoms with E-state index in [1.54, 1.807) is 13.8 Å². The topological polar surface area (TPSA) is 84.9 Å². The van der Waals surface area contributed by atoms with E-state index in [-0.39, 0.29) is 17.9 Å². The molecule has 2 aromatic heterocycles. The molecule has 8 nitrogen and oxygen atoms in total. The first-order chi connectivity index (χ1) is 15.8. The van der Waals surface area contributed by atoms with Gasteiger partial charge in [-0.2, -0.15) is 5.10 Å². The number of nitrogens with zero attached hydrogens (tertiary/aromatic N) is 5. The van der Waals surface area contributed by atoms with Crippen LogP contribution in [0.2, 0.25) is 0 Å². The quantitative estimate of drug-likeness (QED) is 0.674. The largest absolute Gasteiger partial charge is 0.505 e. The maximum atomic E-state index is 12.2. The minimum Gasteiger partial charge on any atom is -0.505 e. The summed E-state index contributed by atoms with van der Waals surface area (Å²) in [6.45, 7) is 10.9. The third-order valence-corrected chi connectivity index (χ3v) is 6.50. The van der Waals surface area contributed by atoms with Crippen LogP contribution in [0.5, 0.6) is 0 Å². The Bertz CT molecular complexity index is 1140. The zero-order chi connectivity index (χ0) is 23.7. The summed E-state index contributed by atoms with van der Waals surface area (Å²) in [6, 6.07) is 4.64. The lowest BCUT2D eigenvalue weighted by molar-refractivity contribution is -0.138. The third-order valence-electron chi connectivity index (χ3n) is 6.50. The number of hydrogen-bond donors (Lipinski definition) is 1. The minimum atomic E-state index is -0.539. The third kappa shape index (κ3) is 4.66. The fourth-order valence-electron chi connectivity index (χ4n) is 4.91. The molecule has 0 atom stereocenters. The van der Waals surface area contributed by atoms with Crippen molar-refractivity contribution >= 4 is 17.8 Å². The molecule has 1 N–H and O–H groups in total. The number of carbonyl (C=O) groups excluding carboxylic acids is 1. The molecule has 1 saturated heterocycles. The summed E-state index contributed by atoms with van der Waals surface area (Å²) < 4.78 is 9.32. The standard InChI is InChI=1S/C25H33N5O3/c1-6-33-25(32)23-17(3)26-22(24(23)31)14-19-13-16(2)30(18(19)4)21-8-11-29(12-9-21)15-20-7-10-28(5)27-20/h7,10,13-14,21,31H,6,8-9,11-12,15H2,1-5H3/b22-14+. The lowest BCUT2D eigenvalue weighted by Gasteiger charge is -2.33. The molecule has 1 fully saturated rings. The molecule has 4 rings (SSSR count). The van der Waals surface area contributed by atoms with Gasteiger partial charge in [0.15, 0.2) is 5.76 Å². The van der Waals surface area contributed by atoms with E-state index in [0.29, 0.717) is 17.5 Å². The van der Waals surface area contributed by atoms with Crippen molar-refractivity contribution in [3.8, 4) is 0 Å². The van der Waals surface area contributed by atoms with Crippen LogP contribution in [0.15, 0.2) is 40.4 Å². The highest BCUT2D eigenvalue weighted by Crippen LogP contribution is 2.32. The molecule has 4 heterocycles. The number of likely N-dealkylation sites (tertiary alicyclic amines) is 1. The van der Waals surface area contributed by atoms with Gasteiger partial charge in [0.2, 0.25) is 0 Å². The van der Waals surface area contributed by atoms with Crippen LogP contribution in [0.1, 0.15) is 55.4 Å². The Hall–Kier alpha value is -3.13. The first-order valence-corrected chi connectivity index (χ1v) is 11.6. The smallest absolute Gasteiger partial charge is 0.343 e. The molecule has 0 bridgehead atoms. The average molecular weight is 452 g/mol. The first-order valence-electron chi connectivity index (χ1n) is 11.6. The van der Waals surface area contributed by atoms with Gasteiger partial charge in [0.1, 0.15) is 11.3 Å². The highest BCUT2D eigenvalue weighted by atomic mass is 16.5. The molecule has 0 aliphatic carbocycles. The van der Waals surface area contributed by atoms with Crippen LogP contribution in [0.3, 0.4) is 0 Å². The molecule has 2 aliphatic rings. The first kappa shape index (κ1) is 23.0. The number of aliphatic hydroxyl groups excluding tert-OH is 1. The summed E-state index contributed by atoms with van der Waals surface area (Å²) >= 11 is 0. The molecule has 8 heteroatoms. The van der Waals surface area contributed by atoms with Gasteiger partial charge in [-0.3, -0.25) is 9.58 Å². The highest BCUT2D eigenvalue weighted by Gasteiger charge is 2.28. The van der Waals surface area contributed by atoms with E-state index in [9.17, 15) is 9.90 Å². The van der Waals surface area contributed by atoms with E-state index in [2.05, 4.69) is 45.5 Å². The SMILES string of the molecule is CCOC(=O)C1=C(O)/C(=C\c2cc(C)n(C3CCN(Cc4ccn(C)n4)CC3)c2C)N=C1C. The molecule has 0 aromatic carbocycles. The van der Waals surface area contributed by atoms with Gasteiger partial charge in [0.25, 0.3) is 0 Å². The van der Waals surface area contributed by atoms with Crippen molar-refractivity contribution in [2.45, 2.75) is 53.1 Å². The van der Waals surface area contributed by atoms with Gasteiger partial charge in [-0.1, -0.05) is 0 Å². The summed E-state index contributed by atoms with van der Waals surface area (Å²) in [5, 5.41) is 15.1. The number of esters is 1. The number of aliphatic hydroxyl groups is 1. The van der Waals surface area contributed by atoms with Crippen molar-refractivity contribution in [1.82, 2.24) is 19.2 Å². The van der Waals surface area contributed by atoms with Gasteiger partial charge < -0.3 is 14.4 Å². The van der Waals surface area contributed by atoms with Crippen molar-refractivity contribution in [1.29, 1.82) is 0 Å².